The average molecular weight is 1040 g/mol. The molecule has 0 atom stereocenters. The van der Waals surface area contributed by atoms with E-state index in [0.717, 1.165) is 63.6 Å². The van der Waals surface area contributed by atoms with Crippen molar-refractivity contribution < 1.29 is 40.4 Å². The number of benzene rings is 7. The monoisotopic (exact) mass is 1040 g/mol. The van der Waals surface area contributed by atoms with E-state index in [1.165, 1.54) is 51.5 Å². The van der Waals surface area contributed by atoms with Crippen LogP contribution < -0.4 is 0 Å². The van der Waals surface area contributed by atoms with Crippen molar-refractivity contribution in [3.05, 3.63) is 187 Å². The summed E-state index contributed by atoms with van der Waals surface area (Å²) >= 11 is 0. The fraction of sp³-hybridized carbons (Fsp3) is 0.193. The van der Waals surface area contributed by atoms with Crippen molar-refractivity contribution in [2.24, 2.45) is 5.41 Å². The van der Waals surface area contributed by atoms with Crippen LogP contribution in [0.25, 0.3) is 83.2 Å². The third-order valence-electron chi connectivity index (χ3n) is 11.8. The van der Waals surface area contributed by atoms with Gasteiger partial charge in [-0.25, -0.2) is 0 Å². The molecule has 8 heteroatoms. The van der Waals surface area contributed by atoms with Crippen LogP contribution >= 0.6 is 0 Å². The first-order chi connectivity index (χ1) is 31.6. The van der Waals surface area contributed by atoms with Gasteiger partial charge in [0.2, 0.25) is 0 Å². The largest absolute Gasteiger partial charge is 0.500 e. The number of para-hydroxylation sites is 2. The normalized spacial score (nSPS) is 12.7. The van der Waals surface area contributed by atoms with E-state index in [2.05, 4.69) is 159 Å². The average Bonchev–Trinajstić information content (AvgIpc) is 3.91. The number of imidazole rings is 1. The summed E-state index contributed by atoms with van der Waals surface area (Å²) in [5.41, 5.74) is 9.52. The Bertz CT molecular complexity index is 3330. The van der Waals surface area contributed by atoms with Gasteiger partial charge in [-0.15, -0.1) is 53.6 Å². The molecule has 3 heterocycles. The Balaban J connectivity index is 0.000000224. The van der Waals surface area contributed by atoms with Gasteiger partial charge >= 0.3 is 6.18 Å². The molecule has 0 unspecified atom stereocenters. The van der Waals surface area contributed by atoms with Gasteiger partial charge in [-0.1, -0.05) is 143 Å². The first-order valence-corrected chi connectivity index (χ1v) is 21.5. The van der Waals surface area contributed by atoms with Gasteiger partial charge < -0.3 is 14.0 Å². The molecule has 0 aliphatic heterocycles. The summed E-state index contributed by atoms with van der Waals surface area (Å²) in [4.78, 5) is 9.42. The van der Waals surface area contributed by atoms with E-state index in [1.54, 1.807) is 24.4 Å². The van der Waals surface area contributed by atoms with Crippen LogP contribution in [0.15, 0.2) is 162 Å². The topological polar surface area (TPSA) is 43.9 Å². The summed E-state index contributed by atoms with van der Waals surface area (Å²) < 4.78 is 64.3. The molecule has 0 amide bonds. The van der Waals surface area contributed by atoms with Crippen molar-refractivity contribution in [2.45, 2.75) is 65.9 Å². The molecule has 0 saturated carbocycles. The molecule has 0 bridgehead atoms. The molecule has 0 aliphatic carbocycles. The molecule has 65 heavy (non-hydrogen) atoms. The van der Waals surface area contributed by atoms with E-state index >= 15 is 0 Å². The van der Waals surface area contributed by atoms with Crippen LogP contribution in [0, 0.1) is 17.5 Å². The number of hydrogen-bond donors (Lipinski definition) is 0. The van der Waals surface area contributed by atoms with Gasteiger partial charge in [0.05, 0.1) is 27.9 Å². The van der Waals surface area contributed by atoms with Crippen molar-refractivity contribution in [3.63, 3.8) is 0 Å². The minimum atomic E-state index is -4.66. The molecule has 10 aromatic rings. The predicted molar refractivity (Wildman–Crippen MR) is 256 cm³/mol. The summed E-state index contributed by atoms with van der Waals surface area (Å²) in [6.07, 6.45) is -5.62. The Morgan fingerprint density at radius 2 is 1.37 bits per heavy atom. The van der Waals surface area contributed by atoms with Crippen molar-refractivity contribution in [2.75, 3.05) is 0 Å². The number of rotatable bonds is 8. The van der Waals surface area contributed by atoms with E-state index in [4.69, 9.17) is 12.1 Å². The molecule has 0 spiro atoms. The van der Waals surface area contributed by atoms with Crippen LogP contribution in [0.3, 0.4) is 0 Å². The molecular weight excluding hydrogens is 992 g/mol. The minimum absolute atomic E-state index is 0. The first kappa shape index (κ1) is 42.6. The van der Waals surface area contributed by atoms with Crippen LogP contribution in [0.1, 0.15) is 72.8 Å². The number of alkyl halides is 3. The maximum atomic E-state index is 13.1. The predicted octanol–water partition coefficient (Wildman–Crippen LogP) is 16.1. The van der Waals surface area contributed by atoms with Crippen LogP contribution in [-0.4, -0.2) is 20.7 Å². The summed E-state index contributed by atoms with van der Waals surface area (Å²) in [6.45, 7) is 10.9. The molecule has 0 saturated heterocycles. The van der Waals surface area contributed by atoms with Crippen molar-refractivity contribution in [3.8, 4) is 39.5 Å². The van der Waals surface area contributed by atoms with E-state index in [0.29, 0.717) is 11.3 Å². The number of pyridine rings is 1. The van der Waals surface area contributed by atoms with Gasteiger partial charge in [0.25, 0.3) is 0 Å². The van der Waals surface area contributed by atoms with E-state index in [9.17, 15) is 13.2 Å². The number of aromatic nitrogens is 3. The second-order valence-electron chi connectivity index (χ2n) is 17.3. The zero-order chi connectivity index (χ0) is 46.5. The quantitative estimate of drug-likeness (QED) is 0.142. The molecule has 0 aliphatic rings. The maximum absolute atomic E-state index is 13.1. The Labute approximate surface area is 394 Å². The van der Waals surface area contributed by atoms with Crippen LogP contribution in [0.4, 0.5) is 13.2 Å². The van der Waals surface area contributed by atoms with Crippen LogP contribution in [0.2, 0.25) is 0 Å². The van der Waals surface area contributed by atoms with Crippen LogP contribution in [0.5, 0.6) is 0 Å². The Morgan fingerprint density at radius 3 is 2.05 bits per heavy atom. The van der Waals surface area contributed by atoms with Crippen molar-refractivity contribution in [1.29, 1.82) is 0 Å². The second kappa shape index (κ2) is 18.3. The fourth-order valence-electron chi connectivity index (χ4n) is 8.29. The maximum Gasteiger partial charge on any atom is 0.393 e. The molecule has 1 radical (unpaired) electrons. The van der Waals surface area contributed by atoms with E-state index < -0.39 is 18.0 Å². The van der Waals surface area contributed by atoms with Gasteiger partial charge in [-0.05, 0) is 81.9 Å². The Kier molecular flexibility index (Phi) is 12.0. The number of halogens is 3. The Morgan fingerprint density at radius 1 is 0.692 bits per heavy atom. The SMILES string of the molecule is CC(C)c1cc(-c2ccccc2)cc(C(C)C)c1-n1c(-c2[c-]ccc3c2oc2c4ccccc4ccc32)nc2ccccc21.[2H]C([2H])(c1c[c-]c(-c2ccccn2)cc1)C(C)(C)C(F)(F)F.[Ir]. The third kappa shape index (κ3) is 8.78. The van der Waals surface area contributed by atoms with Gasteiger partial charge in [0.1, 0.15) is 5.58 Å². The van der Waals surface area contributed by atoms with E-state index in [-0.39, 0.29) is 37.5 Å². The molecule has 0 fully saturated rings. The molecule has 7 aromatic carbocycles. The third-order valence-corrected chi connectivity index (χ3v) is 11.8. The standard InChI is InChI=1S/C41H33N2O.C16H15F3N.Ir/c1-25(2)34-23-29(27-13-6-5-7-14-27)24-35(26(3)4)38(34)43-37-20-11-10-19-36(37)42-41(43)33-18-12-17-31-32-22-21-28-15-8-9-16-30(28)39(32)44-40(31)33;1-15(2,16(17,18)19)11-12-6-8-13(9-7-12)14-5-3-4-10-20-14;/h5-17,19-26H,1-4H3;3-8,10H,11H2,1-2H3;/q2*-1;/i;11D2;. The summed E-state index contributed by atoms with van der Waals surface area (Å²) in [6, 6.07) is 56.6. The fourth-order valence-corrected chi connectivity index (χ4v) is 8.29. The molecule has 10 rings (SSSR count). The molecule has 3 aromatic heterocycles. The number of nitrogens with zero attached hydrogens (tertiary/aromatic N) is 3. The number of furan rings is 1. The molecule has 0 N–H and O–H groups in total. The van der Waals surface area contributed by atoms with E-state index in [1.807, 2.05) is 6.07 Å². The molecular formula is C57H48F3IrN3O-2. The number of fused-ring (bicyclic) bond motifs is 6. The Hall–Kier alpha value is -6.34. The molecule has 4 nitrogen and oxygen atoms in total. The van der Waals surface area contributed by atoms with Gasteiger partial charge in [0, 0.05) is 45.5 Å². The zero-order valence-electron chi connectivity index (χ0n) is 38.9. The first-order valence-electron chi connectivity index (χ1n) is 22.5. The number of hydrogen-bond acceptors (Lipinski definition) is 3. The zero-order valence-corrected chi connectivity index (χ0v) is 39.3. The van der Waals surface area contributed by atoms with Crippen molar-refractivity contribution in [1.82, 2.24) is 14.5 Å². The summed E-state index contributed by atoms with van der Waals surface area (Å²) in [5.74, 6) is 1.42. The van der Waals surface area contributed by atoms with Crippen molar-refractivity contribution >= 4 is 43.7 Å². The van der Waals surface area contributed by atoms with Crippen LogP contribution in [-0.2, 0) is 26.5 Å². The smallest absolute Gasteiger partial charge is 0.393 e. The molecule has 329 valence electrons. The summed E-state index contributed by atoms with van der Waals surface area (Å²) in [5, 5.41) is 4.46. The summed E-state index contributed by atoms with van der Waals surface area (Å²) in [7, 11) is 0. The second-order valence-corrected chi connectivity index (χ2v) is 17.3. The minimum Gasteiger partial charge on any atom is -0.500 e. The van der Waals surface area contributed by atoms with Gasteiger partial charge in [-0.3, -0.25) is 4.98 Å². The van der Waals surface area contributed by atoms with Gasteiger partial charge in [-0.2, -0.15) is 13.2 Å². The van der Waals surface area contributed by atoms with Gasteiger partial charge in [0.15, 0.2) is 0 Å².